The maximum Gasteiger partial charge on any atom is 0.256 e. The second-order valence-corrected chi connectivity index (χ2v) is 4.36. The van der Waals surface area contributed by atoms with Crippen LogP contribution in [-0.2, 0) is 7.05 Å². The molecule has 0 aliphatic heterocycles. The molecule has 1 aromatic carbocycles. The SMILES string of the molecule is COc1cc(OC)cc(C(=O)Nc2cn(C)nc2C)c1. The lowest BCUT2D eigenvalue weighted by Crippen LogP contribution is -2.12. The van der Waals surface area contributed by atoms with E-state index in [0.29, 0.717) is 22.7 Å². The number of anilines is 1. The number of aromatic nitrogens is 2. The molecular formula is C14H17N3O3. The van der Waals surface area contributed by atoms with Crippen LogP contribution >= 0.6 is 0 Å². The minimum Gasteiger partial charge on any atom is -0.497 e. The van der Waals surface area contributed by atoms with Gasteiger partial charge in [-0.2, -0.15) is 5.10 Å². The highest BCUT2D eigenvalue weighted by molar-refractivity contribution is 6.05. The van der Waals surface area contributed by atoms with Crippen molar-refractivity contribution in [2.75, 3.05) is 19.5 Å². The van der Waals surface area contributed by atoms with Crippen molar-refractivity contribution in [2.24, 2.45) is 7.05 Å². The molecule has 6 heteroatoms. The van der Waals surface area contributed by atoms with Crippen LogP contribution in [0.25, 0.3) is 0 Å². The van der Waals surface area contributed by atoms with E-state index in [1.54, 1.807) is 50.3 Å². The van der Waals surface area contributed by atoms with E-state index in [0.717, 1.165) is 5.69 Å². The van der Waals surface area contributed by atoms with E-state index in [1.165, 1.54) is 0 Å². The molecular weight excluding hydrogens is 258 g/mol. The lowest BCUT2D eigenvalue weighted by Gasteiger charge is -2.08. The van der Waals surface area contributed by atoms with Gasteiger partial charge in [-0.05, 0) is 19.1 Å². The molecule has 2 aromatic rings. The van der Waals surface area contributed by atoms with Crippen LogP contribution in [0.3, 0.4) is 0 Å². The van der Waals surface area contributed by atoms with Crippen molar-refractivity contribution < 1.29 is 14.3 Å². The van der Waals surface area contributed by atoms with Crippen molar-refractivity contribution in [3.63, 3.8) is 0 Å². The Morgan fingerprint density at radius 2 is 1.80 bits per heavy atom. The van der Waals surface area contributed by atoms with Crippen molar-refractivity contribution in [1.29, 1.82) is 0 Å². The average Bonchev–Trinajstić information content (AvgIpc) is 2.76. The van der Waals surface area contributed by atoms with E-state index in [1.807, 2.05) is 6.92 Å². The van der Waals surface area contributed by atoms with Gasteiger partial charge in [0.15, 0.2) is 0 Å². The third-order valence-electron chi connectivity index (χ3n) is 2.88. The van der Waals surface area contributed by atoms with Gasteiger partial charge in [-0.3, -0.25) is 9.48 Å². The average molecular weight is 275 g/mol. The first kappa shape index (κ1) is 13.9. The Labute approximate surface area is 117 Å². The van der Waals surface area contributed by atoms with Gasteiger partial charge in [-0.1, -0.05) is 0 Å². The molecule has 2 rings (SSSR count). The zero-order chi connectivity index (χ0) is 14.7. The van der Waals surface area contributed by atoms with Gasteiger partial charge in [0.25, 0.3) is 5.91 Å². The van der Waals surface area contributed by atoms with Gasteiger partial charge in [0.05, 0.1) is 25.6 Å². The number of carbonyl (C=O) groups excluding carboxylic acids is 1. The first-order valence-electron chi connectivity index (χ1n) is 6.08. The maximum atomic E-state index is 12.3. The molecule has 0 aliphatic carbocycles. The highest BCUT2D eigenvalue weighted by atomic mass is 16.5. The Hall–Kier alpha value is -2.50. The quantitative estimate of drug-likeness (QED) is 0.926. The van der Waals surface area contributed by atoms with Gasteiger partial charge in [0.2, 0.25) is 0 Å². The Morgan fingerprint density at radius 1 is 1.20 bits per heavy atom. The van der Waals surface area contributed by atoms with Crippen LogP contribution in [-0.4, -0.2) is 29.9 Å². The maximum absolute atomic E-state index is 12.3. The first-order chi connectivity index (χ1) is 9.53. The molecule has 0 aliphatic rings. The predicted molar refractivity (Wildman–Crippen MR) is 75.4 cm³/mol. The van der Waals surface area contributed by atoms with E-state index in [4.69, 9.17) is 9.47 Å². The molecule has 0 radical (unpaired) electrons. The number of ether oxygens (including phenoxy) is 2. The molecule has 0 saturated heterocycles. The standard InChI is InChI=1S/C14H17N3O3/c1-9-13(8-17(2)16-9)15-14(18)10-5-11(19-3)7-12(6-10)20-4/h5-8H,1-4H3,(H,15,18). The third-order valence-corrected chi connectivity index (χ3v) is 2.88. The third kappa shape index (κ3) is 2.90. The second-order valence-electron chi connectivity index (χ2n) is 4.36. The van der Waals surface area contributed by atoms with E-state index < -0.39 is 0 Å². The Morgan fingerprint density at radius 3 is 2.25 bits per heavy atom. The van der Waals surface area contributed by atoms with E-state index in [-0.39, 0.29) is 5.91 Å². The van der Waals surface area contributed by atoms with Gasteiger partial charge in [-0.15, -0.1) is 0 Å². The molecule has 0 bridgehead atoms. The fourth-order valence-electron chi connectivity index (χ4n) is 1.86. The normalized spacial score (nSPS) is 10.2. The molecule has 0 spiro atoms. The predicted octanol–water partition coefficient (Wildman–Crippen LogP) is 2.00. The Balaban J connectivity index is 2.26. The number of amides is 1. The van der Waals surface area contributed by atoms with Crippen molar-refractivity contribution in [1.82, 2.24) is 9.78 Å². The van der Waals surface area contributed by atoms with E-state index in [9.17, 15) is 4.79 Å². The molecule has 6 nitrogen and oxygen atoms in total. The number of nitrogens with zero attached hydrogens (tertiary/aromatic N) is 2. The van der Waals surface area contributed by atoms with Crippen LogP contribution in [0, 0.1) is 6.92 Å². The van der Waals surface area contributed by atoms with Gasteiger partial charge in [-0.25, -0.2) is 0 Å². The zero-order valence-electron chi connectivity index (χ0n) is 11.9. The van der Waals surface area contributed by atoms with Crippen molar-refractivity contribution in [2.45, 2.75) is 6.92 Å². The smallest absolute Gasteiger partial charge is 0.256 e. The lowest BCUT2D eigenvalue weighted by molar-refractivity contribution is 0.102. The summed E-state index contributed by atoms with van der Waals surface area (Å²) in [7, 11) is 4.89. The number of rotatable bonds is 4. The van der Waals surface area contributed by atoms with Crippen LogP contribution < -0.4 is 14.8 Å². The molecule has 1 heterocycles. The number of carbonyl (C=O) groups is 1. The van der Waals surface area contributed by atoms with Gasteiger partial charge in [0, 0.05) is 24.9 Å². The van der Waals surface area contributed by atoms with Crippen LogP contribution in [0.4, 0.5) is 5.69 Å². The molecule has 0 fully saturated rings. The van der Waals surface area contributed by atoms with Crippen molar-refractivity contribution in [3.8, 4) is 11.5 Å². The number of benzene rings is 1. The van der Waals surface area contributed by atoms with Crippen LogP contribution in [0.5, 0.6) is 11.5 Å². The summed E-state index contributed by atoms with van der Waals surface area (Å²) in [5.41, 5.74) is 1.90. The Kier molecular flexibility index (Phi) is 3.93. The number of hydrogen-bond donors (Lipinski definition) is 1. The Bertz CT molecular complexity index is 612. The summed E-state index contributed by atoms with van der Waals surface area (Å²) in [5.74, 6) is 0.896. The van der Waals surface area contributed by atoms with Crippen LogP contribution in [0.1, 0.15) is 16.1 Å². The molecule has 0 atom stereocenters. The first-order valence-corrected chi connectivity index (χ1v) is 6.08. The van der Waals surface area contributed by atoms with Gasteiger partial charge >= 0.3 is 0 Å². The van der Waals surface area contributed by atoms with Crippen LogP contribution in [0.2, 0.25) is 0 Å². The minimum absolute atomic E-state index is 0.238. The molecule has 106 valence electrons. The summed E-state index contributed by atoms with van der Waals surface area (Å²) in [6.45, 7) is 1.84. The fraction of sp³-hybridized carbons (Fsp3) is 0.286. The lowest BCUT2D eigenvalue weighted by atomic mass is 10.2. The second kappa shape index (κ2) is 5.64. The summed E-state index contributed by atoms with van der Waals surface area (Å²) in [6, 6.07) is 5.03. The fourth-order valence-corrected chi connectivity index (χ4v) is 1.86. The topological polar surface area (TPSA) is 65.4 Å². The van der Waals surface area contributed by atoms with E-state index in [2.05, 4.69) is 10.4 Å². The number of aryl methyl sites for hydroxylation is 2. The van der Waals surface area contributed by atoms with Gasteiger partial charge in [0.1, 0.15) is 11.5 Å². The van der Waals surface area contributed by atoms with E-state index >= 15 is 0 Å². The largest absolute Gasteiger partial charge is 0.497 e. The summed E-state index contributed by atoms with van der Waals surface area (Å²) in [6.07, 6.45) is 1.75. The molecule has 1 aromatic heterocycles. The van der Waals surface area contributed by atoms with Crippen molar-refractivity contribution >= 4 is 11.6 Å². The molecule has 20 heavy (non-hydrogen) atoms. The zero-order valence-corrected chi connectivity index (χ0v) is 11.9. The van der Waals surface area contributed by atoms with Crippen molar-refractivity contribution in [3.05, 3.63) is 35.7 Å². The molecule has 1 amide bonds. The summed E-state index contributed by atoms with van der Waals surface area (Å²) >= 11 is 0. The summed E-state index contributed by atoms with van der Waals surface area (Å²) < 4.78 is 11.9. The number of nitrogens with one attached hydrogen (secondary N) is 1. The van der Waals surface area contributed by atoms with Crippen LogP contribution in [0.15, 0.2) is 24.4 Å². The molecule has 0 unspecified atom stereocenters. The summed E-state index contributed by atoms with van der Waals surface area (Å²) in [4.78, 5) is 12.3. The summed E-state index contributed by atoms with van der Waals surface area (Å²) in [5, 5.41) is 6.99. The highest BCUT2D eigenvalue weighted by Crippen LogP contribution is 2.23. The monoisotopic (exact) mass is 275 g/mol. The molecule has 1 N–H and O–H groups in total. The minimum atomic E-state index is -0.238. The number of hydrogen-bond acceptors (Lipinski definition) is 4. The number of methoxy groups -OCH3 is 2. The highest BCUT2D eigenvalue weighted by Gasteiger charge is 2.12. The van der Waals surface area contributed by atoms with Gasteiger partial charge < -0.3 is 14.8 Å². The molecule has 0 saturated carbocycles.